The highest BCUT2D eigenvalue weighted by Crippen LogP contribution is 2.38. The minimum atomic E-state index is -4.65. The lowest BCUT2D eigenvalue weighted by Crippen LogP contribution is -2.54. The third-order valence-corrected chi connectivity index (χ3v) is 3.09. The summed E-state index contributed by atoms with van der Waals surface area (Å²) in [5.74, 6) is -1.16. The molecule has 18 heavy (non-hydrogen) atoms. The van der Waals surface area contributed by atoms with Crippen molar-refractivity contribution < 1.29 is 33.3 Å². The molecule has 106 valence electrons. The molecule has 1 aliphatic heterocycles. The Labute approximate surface area is 102 Å². The van der Waals surface area contributed by atoms with Crippen LogP contribution in [0.1, 0.15) is 19.3 Å². The van der Waals surface area contributed by atoms with Crippen LogP contribution in [0.15, 0.2) is 0 Å². The van der Waals surface area contributed by atoms with E-state index in [0.717, 1.165) is 0 Å². The van der Waals surface area contributed by atoms with Gasteiger partial charge in [0.05, 0.1) is 12.5 Å². The summed E-state index contributed by atoms with van der Waals surface area (Å²) in [5, 5.41) is 27.2. The molecule has 1 rings (SSSR count). The highest BCUT2D eigenvalue weighted by Gasteiger charge is 2.54. The van der Waals surface area contributed by atoms with Gasteiger partial charge in [0.2, 0.25) is 0 Å². The molecule has 1 atom stereocenters. The Morgan fingerprint density at radius 1 is 1.33 bits per heavy atom. The Morgan fingerprint density at radius 2 is 1.83 bits per heavy atom. The molecule has 0 radical (unpaired) electrons. The number of alkyl halides is 3. The molecule has 0 aliphatic carbocycles. The van der Waals surface area contributed by atoms with E-state index in [0.29, 0.717) is 0 Å². The molecule has 3 N–H and O–H groups in total. The normalized spacial score (nSPS) is 22.7. The number of aliphatic hydroxyl groups excluding tert-OH is 1. The first-order chi connectivity index (χ1) is 8.14. The molecule has 5 nitrogen and oxygen atoms in total. The van der Waals surface area contributed by atoms with Crippen molar-refractivity contribution in [3.63, 3.8) is 0 Å². The van der Waals surface area contributed by atoms with Crippen molar-refractivity contribution in [2.24, 2.45) is 0 Å². The van der Waals surface area contributed by atoms with Crippen molar-refractivity contribution in [2.45, 2.75) is 37.1 Å². The molecule has 0 spiro atoms. The number of rotatable bonds is 4. The van der Waals surface area contributed by atoms with Gasteiger partial charge in [-0.1, -0.05) is 0 Å². The van der Waals surface area contributed by atoms with E-state index in [1.54, 1.807) is 0 Å². The molecule has 1 saturated heterocycles. The first-order valence-electron chi connectivity index (χ1n) is 5.55. The fourth-order valence-electron chi connectivity index (χ4n) is 1.95. The number of halogens is 3. The molecular weight excluding hydrogens is 255 g/mol. The van der Waals surface area contributed by atoms with E-state index in [1.807, 2.05) is 0 Å². The van der Waals surface area contributed by atoms with Crippen LogP contribution in [0.3, 0.4) is 0 Å². The van der Waals surface area contributed by atoms with E-state index in [4.69, 9.17) is 5.11 Å². The fourth-order valence-corrected chi connectivity index (χ4v) is 1.95. The smallest absolute Gasteiger partial charge is 0.417 e. The third-order valence-electron chi connectivity index (χ3n) is 3.09. The fraction of sp³-hybridized carbons (Fsp3) is 0.900. The Kier molecular flexibility index (Phi) is 4.57. The number of carboxylic acids is 1. The second-order valence-corrected chi connectivity index (χ2v) is 4.58. The van der Waals surface area contributed by atoms with Gasteiger partial charge in [0.15, 0.2) is 5.60 Å². The Balaban J connectivity index is 2.42. The SMILES string of the molecule is O=C(O)CC(O)CN1CCC(O)(C(F)(F)F)CC1. The zero-order valence-corrected chi connectivity index (χ0v) is 9.65. The summed E-state index contributed by atoms with van der Waals surface area (Å²) >= 11 is 0. The number of aliphatic hydroxyl groups is 2. The van der Waals surface area contributed by atoms with Crippen molar-refractivity contribution in [2.75, 3.05) is 19.6 Å². The van der Waals surface area contributed by atoms with Crippen LogP contribution in [-0.4, -0.2) is 63.7 Å². The minimum absolute atomic E-state index is 0.000235. The zero-order chi connectivity index (χ0) is 14.0. The van der Waals surface area contributed by atoms with Crippen molar-refractivity contribution in [1.29, 1.82) is 0 Å². The number of nitrogens with zero attached hydrogens (tertiary/aromatic N) is 1. The molecule has 1 unspecified atom stereocenters. The highest BCUT2D eigenvalue weighted by atomic mass is 19.4. The van der Waals surface area contributed by atoms with Crippen LogP contribution in [-0.2, 0) is 4.79 Å². The molecule has 0 aromatic rings. The van der Waals surface area contributed by atoms with Crippen molar-refractivity contribution in [3.8, 4) is 0 Å². The van der Waals surface area contributed by atoms with Gasteiger partial charge in [-0.15, -0.1) is 0 Å². The molecule has 0 aromatic carbocycles. The summed E-state index contributed by atoms with van der Waals surface area (Å²) in [6.45, 7) is -0.0420. The molecule has 1 aliphatic rings. The van der Waals surface area contributed by atoms with E-state index in [9.17, 15) is 28.2 Å². The van der Waals surface area contributed by atoms with Gasteiger partial charge in [0.25, 0.3) is 0 Å². The van der Waals surface area contributed by atoms with E-state index in [2.05, 4.69) is 0 Å². The molecule has 0 bridgehead atoms. The van der Waals surface area contributed by atoms with Crippen LogP contribution < -0.4 is 0 Å². The number of likely N-dealkylation sites (tertiary alicyclic amines) is 1. The second kappa shape index (κ2) is 5.41. The zero-order valence-electron chi connectivity index (χ0n) is 9.65. The van der Waals surface area contributed by atoms with Gasteiger partial charge in [-0.2, -0.15) is 13.2 Å². The number of β-amino-alcohol motifs (C(OH)–C–C–N with tert-alkyl or cyclic N) is 1. The number of carboxylic acid groups (broad SMARTS) is 1. The molecular formula is C10H16F3NO4. The first-order valence-corrected chi connectivity index (χ1v) is 5.55. The summed E-state index contributed by atoms with van der Waals surface area (Å²) in [6, 6.07) is 0. The average Bonchev–Trinajstić information content (AvgIpc) is 2.18. The number of hydrogen-bond donors (Lipinski definition) is 3. The predicted octanol–water partition coefficient (Wildman–Crippen LogP) is 0.211. The molecule has 8 heteroatoms. The summed E-state index contributed by atoms with van der Waals surface area (Å²) in [4.78, 5) is 11.8. The van der Waals surface area contributed by atoms with Gasteiger partial charge in [-0.3, -0.25) is 4.79 Å². The van der Waals surface area contributed by atoms with Crippen molar-refractivity contribution in [1.82, 2.24) is 4.90 Å². The number of hydrogen-bond acceptors (Lipinski definition) is 4. The lowest BCUT2D eigenvalue weighted by Gasteiger charge is -2.39. The van der Waals surface area contributed by atoms with Crippen molar-refractivity contribution >= 4 is 5.97 Å². The summed E-state index contributed by atoms with van der Waals surface area (Å²) in [5.41, 5.74) is -2.67. The van der Waals surface area contributed by atoms with E-state index < -0.39 is 43.1 Å². The van der Waals surface area contributed by atoms with Gasteiger partial charge in [-0.25, -0.2) is 0 Å². The van der Waals surface area contributed by atoms with Crippen LogP contribution in [0, 0.1) is 0 Å². The monoisotopic (exact) mass is 271 g/mol. The lowest BCUT2D eigenvalue weighted by molar-refractivity contribution is -0.273. The largest absolute Gasteiger partial charge is 0.481 e. The minimum Gasteiger partial charge on any atom is -0.481 e. The second-order valence-electron chi connectivity index (χ2n) is 4.58. The standard InChI is InChI=1S/C10H16F3NO4/c11-10(12,13)9(18)1-3-14(4-2-9)6-7(15)5-8(16)17/h7,15,18H,1-6H2,(H,16,17). The maximum atomic E-state index is 12.5. The average molecular weight is 271 g/mol. The van der Waals surface area contributed by atoms with Gasteiger partial charge in [0.1, 0.15) is 0 Å². The van der Waals surface area contributed by atoms with Gasteiger partial charge in [0, 0.05) is 19.6 Å². The number of piperidine rings is 1. The number of carbonyl (C=O) groups is 1. The Bertz CT molecular complexity index is 300. The first kappa shape index (κ1) is 15.2. The summed E-state index contributed by atoms with van der Waals surface area (Å²) in [6.07, 6.45) is -7.13. The van der Waals surface area contributed by atoms with Crippen LogP contribution in [0.2, 0.25) is 0 Å². The number of aliphatic carboxylic acids is 1. The van der Waals surface area contributed by atoms with Crippen LogP contribution in [0.4, 0.5) is 13.2 Å². The van der Waals surface area contributed by atoms with Gasteiger partial charge >= 0.3 is 12.1 Å². The van der Waals surface area contributed by atoms with Gasteiger partial charge in [-0.05, 0) is 12.8 Å². The van der Waals surface area contributed by atoms with Crippen LogP contribution >= 0.6 is 0 Å². The lowest BCUT2D eigenvalue weighted by atomic mass is 9.90. The predicted molar refractivity (Wildman–Crippen MR) is 54.9 cm³/mol. The summed E-state index contributed by atoms with van der Waals surface area (Å²) in [7, 11) is 0. The summed E-state index contributed by atoms with van der Waals surface area (Å²) < 4.78 is 37.5. The maximum absolute atomic E-state index is 12.5. The molecule has 1 heterocycles. The third kappa shape index (κ3) is 3.82. The van der Waals surface area contributed by atoms with Gasteiger partial charge < -0.3 is 20.2 Å². The molecule has 0 saturated carbocycles. The van der Waals surface area contributed by atoms with Crippen LogP contribution in [0.25, 0.3) is 0 Å². The highest BCUT2D eigenvalue weighted by molar-refractivity contribution is 5.67. The molecule has 0 aromatic heterocycles. The van der Waals surface area contributed by atoms with E-state index in [1.165, 1.54) is 4.90 Å². The van der Waals surface area contributed by atoms with E-state index >= 15 is 0 Å². The van der Waals surface area contributed by atoms with Crippen LogP contribution in [0.5, 0.6) is 0 Å². The molecule has 0 amide bonds. The Morgan fingerprint density at radius 3 is 2.22 bits per heavy atom. The maximum Gasteiger partial charge on any atom is 0.417 e. The van der Waals surface area contributed by atoms with Crippen molar-refractivity contribution in [3.05, 3.63) is 0 Å². The topological polar surface area (TPSA) is 81.0 Å². The molecule has 1 fully saturated rings. The Hall–Kier alpha value is -0.860. The van der Waals surface area contributed by atoms with E-state index in [-0.39, 0.29) is 19.6 Å². The quantitative estimate of drug-likeness (QED) is 0.681.